The number of rotatable bonds is 4. The van der Waals surface area contributed by atoms with E-state index in [9.17, 15) is 0 Å². The highest BCUT2D eigenvalue weighted by molar-refractivity contribution is 7.99. The van der Waals surface area contributed by atoms with E-state index in [-0.39, 0.29) is 11.1 Å². The Morgan fingerprint density at radius 3 is 3.07 bits per heavy atom. The lowest BCUT2D eigenvalue weighted by Gasteiger charge is -2.08. The highest BCUT2D eigenvalue weighted by Crippen LogP contribution is 2.21. The Morgan fingerprint density at radius 2 is 2.57 bits per heavy atom. The summed E-state index contributed by atoms with van der Waals surface area (Å²) in [6.07, 6.45) is 2.16. The maximum atomic E-state index is 8.38. The second-order valence-corrected chi connectivity index (χ2v) is 4.35. The third kappa shape index (κ3) is 2.91. The molecular weight excluding hydrogens is 202 g/mol. The summed E-state index contributed by atoms with van der Waals surface area (Å²) in [6, 6.07) is 0. The van der Waals surface area contributed by atoms with Crippen LogP contribution >= 0.6 is 11.8 Å². The van der Waals surface area contributed by atoms with Gasteiger partial charge in [-0.15, -0.1) is 10.2 Å². The van der Waals surface area contributed by atoms with Gasteiger partial charge in [0.2, 0.25) is 0 Å². The summed E-state index contributed by atoms with van der Waals surface area (Å²) in [7, 11) is 1.87. The van der Waals surface area contributed by atoms with E-state index in [1.807, 2.05) is 18.5 Å². The Labute approximate surface area is 86.2 Å². The monoisotopic (exact) mass is 215 g/mol. The van der Waals surface area contributed by atoms with Crippen molar-refractivity contribution < 1.29 is 5.21 Å². The minimum atomic E-state index is 0.203. The van der Waals surface area contributed by atoms with Gasteiger partial charge in [-0.3, -0.25) is 0 Å². The first-order valence-corrected chi connectivity index (χ1v) is 4.98. The minimum absolute atomic E-state index is 0.203. The number of hydrogen-bond donors (Lipinski definition) is 2. The van der Waals surface area contributed by atoms with E-state index in [0.717, 1.165) is 5.16 Å². The molecule has 0 aliphatic rings. The molecule has 1 aromatic heterocycles. The number of aromatic nitrogens is 3. The van der Waals surface area contributed by atoms with E-state index in [1.54, 1.807) is 6.33 Å². The molecule has 0 bridgehead atoms. The van der Waals surface area contributed by atoms with Crippen LogP contribution in [0.3, 0.4) is 0 Å². The fraction of sp³-hybridized carbons (Fsp3) is 0.571. The van der Waals surface area contributed by atoms with Crippen molar-refractivity contribution in [2.24, 2.45) is 17.9 Å². The molecule has 0 saturated heterocycles. The minimum Gasteiger partial charge on any atom is -0.409 e. The highest BCUT2D eigenvalue weighted by Gasteiger charge is 2.10. The standard InChI is InChI=1S/C7H13N5OS/c1-5(3-6(8)11-13)14-7-10-9-4-12(7)2/h4-5,13H,3H2,1-2H3,(H2,8,11). The molecule has 0 saturated carbocycles. The average Bonchev–Trinajstić information content (AvgIpc) is 2.51. The molecule has 6 nitrogen and oxygen atoms in total. The Bertz CT molecular complexity index is 324. The molecule has 1 atom stereocenters. The van der Waals surface area contributed by atoms with Crippen LogP contribution in [-0.2, 0) is 7.05 Å². The zero-order valence-electron chi connectivity index (χ0n) is 8.08. The lowest BCUT2D eigenvalue weighted by molar-refractivity contribution is 0.317. The van der Waals surface area contributed by atoms with Crippen molar-refractivity contribution in [1.29, 1.82) is 0 Å². The quantitative estimate of drug-likeness (QED) is 0.250. The van der Waals surface area contributed by atoms with Gasteiger partial charge in [0.05, 0.1) is 0 Å². The van der Waals surface area contributed by atoms with Gasteiger partial charge in [0.25, 0.3) is 0 Å². The molecule has 0 spiro atoms. The molecule has 1 aromatic rings. The predicted octanol–water partition coefficient (Wildman–Crippen LogP) is 0.432. The summed E-state index contributed by atoms with van der Waals surface area (Å²) in [5, 5.41) is 20.0. The molecule has 7 heteroatoms. The van der Waals surface area contributed by atoms with Crippen molar-refractivity contribution in [1.82, 2.24) is 14.8 Å². The first-order chi connectivity index (χ1) is 6.63. The van der Waals surface area contributed by atoms with E-state index in [0.29, 0.717) is 6.42 Å². The van der Waals surface area contributed by atoms with E-state index >= 15 is 0 Å². The van der Waals surface area contributed by atoms with Gasteiger partial charge in [0, 0.05) is 18.7 Å². The van der Waals surface area contributed by atoms with Crippen molar-refractivity contribution in [3.8, 4) is 0 Å². The van der Waals surface area contributed by atoms with Crippen LogP contribution in [-0.4, -0.2) is 31.1 Å². The largest absolute Gasteiger partial charge is 0.409 e. The zero-order valence-corrected chi connectivity index (χ0v) is 8.90. The molecule has 1 unspecified atom stereocenters. The molecule has 1 heterocycles. The summed E-state index contributed by atoms with van der Waals surface area (Å²) in [5.74, 6) is 0.229. The molecule has 14 heavy (non-hydrogen) atoms. The lowest BCUT2D eigenvalue weighted by atomic mass is 10.3. The van der Waals surface area contributed by atoms with Crippen LogP contribution < -0.4 is 5.73 Å². The first-order valence-electron chi connectivity index (χ1n) is 4.10. The van der Waals surface area contributed by atoms with Crippen LogP contribution in [0.2, 0.25) is 0 Å². The maximum absolute atomic E-state index is 8.38. The molecule has 1 rings (SSSR count). The van der Waals surface area contributed by atoms with E-state index in [1.165, 1.54) is 11.8 Å². The van der Waals surface area contributed by atoms with Gasteiger partial charge in [-0.05, 0) is 0 Å². The fourth-order valence-electron chi connectivity index (χ4n) is 0.936. The van der Waals surface area contributed by atoms with Crippen LogP contribution in [0, 0.1) is 0 Å². The number of nitrogens with two attached hydrogens (primary N) is 1. The number of aryl methyl sites for hydroxylation is 1. The summed E-state index contributed by atoms with van der Waals surface area (Å²) in [5.41, 5.74) is 5.38. The Kier molecular flexibility index (Phi) is 3.75. The third-order valence-electron chi connectivity index (χ3n) is 1.60. The summed E-state index contributed by atoms with van der Waals surface area (Å²) in [6.45, 7) is 1.98. The van der Waals surface area contributed by atoms with Crippen molar-refractivity contribution >= 4 is 17.6 Å². The Hall–Kier alpha value is -1.24. The van der Waals surface area contributed by atoms with Gasteiger partial charge in [-0.25, -0.2) is 0 Å². The van der Waals surface area contributed by atoms with Crippen LogP contribution in [0.5, 0.6) is 0 Å². The average molecular weight is 215 g/mol. The molecule has 78 valence electrons. The smallest absolute Gasteiger partial charge is 0.191 e. The zero-order chi connectivity index (χ0) is 10.6. The Morgan fingerprint density at radius 1 is 1.86 bits per heavy atom. The number of hydrogen-bond acceptors (Lipinski definition) is 5. The van der Waals surface area contributed by atoms with E-state index in [4.69, 9.17) is 10.9 Å². The van der Waals surface area contributed by atoms with Gasteiger partial charge >= 0.3 is 0 Å². The SMILES string of the molecule is CC(CC(N)=NO)Sc1nncn1C. The van der Waals surface area contributed by atoms with Gasteiger partial charge in [-0.2, -0.15) is 0 Å². The molecule has 3 N–H and O–H groups in total. The van der Waals surface area contributed by atoms with Crippen LogP contribution in [0.25, 0.3) is 0 Å². The second kappa shape index (κ2) is 4.85. The molecule has 0 radical (unpaired) electrons. The van der Waals surface area contributed by atoms with E-state index < -0.39 is 0 Å². The molecule has 0 fully saturated rings. The van der Waals surface area contributed by atoms with Crippen LogP contribution in [0.15, 0.2) is 16.6 Å². The number of amidine groups is 1. The highest BCUT2D eigenvalue weighted by atomic mass is 32.2. The van der Waals surface area contributed by atoms with Crippen molar-refractivity contribution in [3.05, 3.63) is 6.33 Å². The first kappa shape index (κ1) is 10.8. The van der Waals surface area contributed by atoms with Gasteiger partial charge in [0.15, 0.2) is 5.16 Å². The van der Waals surface area contributed by atoms with Crippen molar-refractivity contribution in [3.63, 3.8) is 0 Å². The Balaban J connectivity index is 2.49. The van der Waals surface area contributed by atoms with Crippen LogP contribution in [0.1, 0.15) is 13.3 Å². The summed E-state index contributed by atoms with van der Waals surface area (Å²) >= 11 is 1.54. The molecule has 0 aliphatic heterocycles. The molecule has 0 amide bonds. The third-order valence-corrected chi connectivity index (χ3v) is 2.75. The summed E-state index contributed by atoms with van der Waals surface area (Å²) < 4.78 is 1.83. The molecule has 0 aliphatic carbocycles. The summed E-state index contributed by atoms with van der Waals surface area (Å²) in [4.78, 5) is 0. The van der Waals surface area contributed by atoms with E-state index in [2.05, 4.69) is 15.4 Å². The molecular formula is C7H13N5OS. The number of oxime groups is 1. The van der Waals surface area contributed by atoms with Gasteiger partial charge < -0.3 is 15.5 Å². The fourth-order valence-corrected chi connectivity index (χ4v) is 1.86. The topological polar surface area (TPSA) is 89.3 Å². The number of nitrogens with zero attached hydrogens (tertiary/aromatic N) is 4. The van der Waals surface area contributed by atoms with Crippen molar-refractivity contribution in [2.75, 3.05) is 0 Å². The number of thioether (sulfide) groups is 1. The predicted molar refractivity (Wildman–Crippen MR) is 54.3 cm³/mol. The van der Waals surface area contributed by atoms with Crippen molar-refractivity contribution in [2.45, 2.75) is 23.8 Å². The normalized spacial score (nSPS) is 14.3. The molecule has 0 aromatic carbocycles. The maximum Gasteiger partial charge on any atom is 0.191 e. The lowest BCUT2D eigenvalue weighted by Crippen LogP contribution is -2.16. The van der Waals surface area contributed by atoms with Crippen LogP contribution in [0.4, 0.5) is 0 Å². The van der Waals surface area contributed by atoms with Gasteiger partial charge in [0.1, 0.15) is 12.2 Å². The van der Waals surface area contributed by atoms with Gasteiger partial charge in [-0.1, -0.05) is 23.8 Å². The second-order valence-electron chi connectivity index (χ2n) is 2.95.